The Morgan fingerprint density at radius 2 is 1.88 bits per heavy atom. The van der Waals surface area contributed by atoms with E-state index in [0.717, 1.165) is 75.6 Å². The van der Waals surface area contributed by atoms with E-state index < -0.39 is 29.3 Å². The molecule has 0 aliphatic carbocycles. The molecule has 12 nitrogen and oxygen atoms in total. The highest BCUT2D eigenvalue weighted by Gasteiger charge is 2.34. The number of alkyl halides is 3. The van der Waals surface area contributed by atoms with Gasteiger partial charge in [0.1, 0.15) is 16.4 Å². The third-order valence-corrected chi connectivity index (χ3v) is 9.67. The molecule has 1 aromatic carbocycles. The van der Waals surface area contributed by atoms with Gasteiger partial charge in [-0.1, -0.05) is 6.07 Å². The summed E-state index contributed by atoms with van der Waals surface area (Å²) < 4.78 is 47.7. The highest BCUT2D eigenvalue weighted by Crippen LogP contribution is 2.39. The Balaban J connectivity index is 1.33. The number of carboxylic acids is 1. The number of hydrogen-bond acceptors (Lipinski definition) is 9. The molecular weight excluding hydrogens is 663 g/mol. The predicted octanol–water partition coefficient (Wildman–Crippen LogP) is 4.70. The molecule has 2 aliphatic rings. The number of rotatable bonds is 10. The van der Waals surface area contributed by atoms with Crippen LogP contribution in [-0.4, -0.2) is 100 Å². The normalized spacial score (nSPS) is 17.4. The molecule has 2 aliphatic heterocycles. The minimum Gasteiger partial charge on any atom is -0.477 e. The van der Waals surface area contributed by atoms with Gasteiger partial charge in [0.15, 0.2) is 5.69 Å². The van der Waals surface area contributed by atoms with Crippen LogP contribution in [0.2, 0.25) is 0 Å². The number of thiazole rings is 1. The molecule has 4 aromatic rings. The van der Waals surface area contributed by atoms with Crippen molar-refractivity contribution < 1.29 is 32.6 Å². The van der Waals surface area contributed by atoms with Crippen LogP contribution < -0.4 is 16.1 Å². The molecule has 5 heterocycles. The zero-order valence-corrected chi connectivity index (χ0v) is 27.6. The highest BCUT2D eigenvalue weighted by atomic mass is 32.1. The van der Waals surface area contributed by atoms with Gasteiger partial charge in [-0.2, -0.15) is 13.2 Å². The molecule has 2 saturated heterocycles. The third-order valence-electron chi connectivity index (χ3n) is 8.79. The molecule has 16 heteroatoms. The second kappa shape index (κ2) is 14.6. The van der Waals surface area contributed by atoms with Gasteiger partial charge in [0.25, 0.3) is 0 Å². The van der Waals surface area contributed by atoms with E-state index in [1.165, 1.54) is 18.5 Å². The van der Waals surface area contributed by atoms with Crippen molar-refractivity contribution in [3.05, 3.63) is 63.5 Å². The zero-order valence-electron chi connectivity index (χ0n) is 26.8. The maximum absolute atomic E-state index is 13.5. The summed E-state index contributed by atoms with van der Waals surface area (Å²) in [6.45, 7) is 9.60. The number of nitrogens with zero attached hydrogens (tertiary/aromatic N) is 5. The van der Waals surface area contributed by atoms with Crippen molar-refractivity contribution in [1.29, 1.82) is 0 Å². The molecule has 0 radical (unpaired) electrons. The van der Waals surface area contributed by atoms with Gasteiger partial charge in [-0.15, -0.1) is 11.3 Å². The van der Waals surface area contributed by atoms with Gasteiger partial charge in [0.05, 0.1) is 18.7 Å². The summed E-state index contributed by atoms with van der Waals surface area (Å²) in [6, 6.07) is 5.86. The average molecular weight is 700 g/mol. The van der Waals surface area contributed by atoms with Crippen LogP contribution in [-0.2, 0) is 17.5 Å². The first-order valence-corrected chi connectivity index (χ1v) is 16.9. The SMILES string of the molecule is CCNC(=O)Nc1cc(-c2nc(C(F)(F)F)cs2)c(-c2ccc3c(c2)c(=O)c(C(=O)O)cn3CC2CCN(CCN3CCOCC3)C2)cn1. The molecule has 2 amide bonds. The molecule has 1 unspecified atom stereocenters. The van der Waals surface area contributed by atoms with Crippen molar-refractivity contribution in [2.45, 2.75) is 26.1 Å². The number of morpholine rings is 1. The molecule has 49 heavy (non-hydrogen) atoms. The number of amides is 2. The molecule has 6 rings (SSSR count). The summed E-state index contributed by atoms with van der Waals surface area (Å²) in [5.41, 5.74) is -0.539. The van der Waals surface area contributed by atoms with E-state index in [4.69, 9.17) is 4.74 Å². The Kier molecular flexibility index (Phi) is 10.3. The minimum atomic E-state index is -4.66. The fraction of sp³-hybridized carbons (Fsp3) is 0.424. The van der Waals surface area contributed by atoms with Crippen LogP contribution in [0.25, 0.3) is 32.6 Å². The second-order valence-corrected chi connectivity index (χ2v) is 13.0. The number of fused-ring (bicyclic) bond motifs is 1. The summed E-state index contributed by atoms with van der Waals surface area (Å²) in [6.07, 6.45) is -0.955. The average Bonchev–Trinajstić information content (AvgIpc) is 3.76. The van der Waals surface area contributed by atoms with Crippen molar-refractivity contribution in [2.75, 3.05) is 64.3 Å². The quantitative estimate of drug-likeness (QED) is 0.215. The van der Waals surface area contributed by atoms with E-state index in [1.54, 1.807) is 25.1 Å². The number of hydrogen-bond donors (Lipinski definition) is 3. The molecule has 0 spiro atoms. The number of pyridine rings is 2. The fourth-order valence-electron chi connectivity index (χ4n) is 6.30. The number of ether oxygens (including phenoxy) is 1. The van der Waals surface area contributed by atoms with Gasteiger partial charge >= 0.3 is 18.2 Å². The summed E-state index contributed by atoms with van der Waals surface area (Å²) in [7, 11) is 0. The van der Waals surface area contributed by atoms with Gasteiger partial charge in [-0.05, 0) is 49.6 Å². The molecule has 0 bridgehead atoms. The largest absolute Gasteiger partial charge is 0.477 e. The molecule has 3 N–H and O–H groups in total. The van der Waals surface area contributed by atoms with Gasteiger partial charge in [-0.3, -0.25) is 15.0 Å². The maximum Gasteiger partial charge on any atom is 0.434 e. The van der Waals surface area contributed by atoms with Crippen molar-refractivity contribution in [2.24, 2.45) is 5.92 Å². The van der Waals surface area contributed by atoms with Crippen molar-refractivity contribution in [3.8, 4) is 21.7 Å². The number of benzene rings is 1. The lowest BCUT2D eigenvalue weighted by Gasteiger charge is -2.28. The topological polar surface area (TPSA) is 142 Å². The van der Waals surface area contributed by atoms with E-state index in [9.17, 15) is 32.7 Å². The van der Waals surface area contributed by atoms with Crippen molar-refractivity contribution >= 4 is 40.1 Å². The fourth-order valence-corrected chi connectivity index (χ4v) is 7.16. The first-order chi connectivity index (χ1) is 23.5. The van der Waals surface area contributed by atoms with Crippen LogP contribution in [0.1, 0.15) is 29.4 Å². The van der Waals surface area contributed by atoms with Gasteiger partial charge in [0.2, 0.25) is 5.43 Å². The van der Waals surface area contributed by atoms with Crippen LogP contribution in [0, 0.1) is 5.92 Å². The van der Waals surface area contributed by atoms with E-state index in [1.807, 2.05) is 4.57 Å². The summed E-state index contributed by atoms with van der Waals surface area (Å²) in [4.78, 5) is 50.8. The van der Waals surface area contributed by atoms with Crippen LogP contribution >= 0.6 is 11.3 Å². The zero-order chi connectivity index (χ0) is 34.7. The summed E-state index contributed by atoms with van der Waals surface area (Å²) >= 11 is 0.778. The van der Waals surface area contributed by atoms with Gasteiger partial charge in [0, 0.05) is 80.1 Å². The number of carboxylic acid groups (broad SMARTS) is 1. The number of anilines is 1. The van der Waals surface area contributed by atoms with E-state index in [2.05, 4.69) is 30.4 Å². The number of aromatic carboxylic acids is 1. The first kappa shape index (κ1) is 34.5. The Bertz CT molecular complexity index is 1910. The number of likely N-dealkylation sites (tertiary alicyclic amines) is 1. The Hall–Kier alpha value is -4.38. The van der Waals surface area contributed by atoms with Gasteiger partial charge < -0.3 is 24.6 Å². The number of halogens is 3. The Morgan fingerprint density at radius 1 is 1.10 bits per heavy atom. The molecule has 2 fully saturated rings. The molecular formula is C33H36F3N7O5S. The second-order valence-electron chi connectivity index (χ2n) is 12.1. The van der Waals surface area contributed by atoms with Crippen molar-refractivity contribution in [3.63, 3.8) is 0 Å². The first-order valence-electron chi connectivity index (χ1n) is 16.0. The molecule has 0 saturated carbocycles. The lowest BCUT2D eigenvalue weighted by molar-refractivity contribution is -0.140. The van der Waals surface area contributed by atoms with E-state index >= 15 is 0 Å². The summed E-state index contributed by atoms with van der Waals surface area (Å²) in [5.74, 6) is -1.03. The standard InChI is InChI=1S/C33H36F3N7O5S/c1-2-37-32(47)40-28-14-22(30-39-27(19-49-30)33(34,35)36)24(15-38-28)21-3-4-26-23(13-21)29(44)25(31(45)46)18-43(26)17-20-5-6-42(16-20)8-7-41-9-11-48-12-10-41/h3-4,13-15,18-20H,2,5-12,16-17H2,1H3,(H,45,46)(H2,37,38,40,47). The van der Waals surface area contributed by atoms with Gasteiger partial charge in [-0.25, -0.2) is 19.6 Å². The lowest BCUT2D eigenvalue weighted by atomic mass is 9.99. The number of nitrogens with one attached hydrogen (secondary N) is 2. The monoisotopic (exact) mass is 699 g/mol. The maximum atomic E-state index is 13.5. The smallest absolute Gasteiger partial charge is 0.434 e. The number of urea groups is 1. The third kappa shape index (κ3) is 7.93. The number of carbonyl (C=O) groups is 2. The highest BCUT2D eigenvalue weighted by molar-refractivity contribution is 7.13. The molecule has 260 valence electrons. The number of aromatic nitrogens is 3. The summed E-state index contributed by atoms with van der Waals surface area (Å²) in [5, 5.41) is 16.2. The molecule has 3 aromatic heterocycles. The lowest BCUT2D eigenvalue weighted by Crippen LogP contribution is -2.41. The Morgan fingerprint density at radius 3 is 2.59 bits per heavy atom. The van der Waals surface area contributed by atoms with Crippen LogP contribution in [0.15, 0.2) is 46.8 Å². The van der Waals surface area contributed by atoms with Crippen LogP contribution in [0.5, 0.6) is 0 Å². The Labute approximate surface area is 283 Å². The van der Waals surface area contributed by atoms with Crippen LogP contribution in [0.3, 0.4) is 0 Å². The van der Waals surface area contributed by atoms with Crippen LogP contribution in [0.4, 0.5) is 23.8 Å². The van der Waals surface area contributed by atoms with E-state index in [0.29, 0.717) is 29.7 Å². The van der Waals surface area contributed by atoms with Crippen molar-refractivity contribution in [1.82, 2.24) is 29.7 Å². The molecule has 1 atom stereocenters. The van der Waals surface area contributed by atoms with E-state index in [-0.39, 0.29) is 33.3 Å². The predicted molar refractivity (Wildman–Crippen MR) is 179 cm³/mol. The minimum absolute atomic E-state index is 0.0277. The number of carbonyl (C=O) groups excluding carboxylic acids is 1.